The third-order valence-electron chi connectivity index (χ3n) is 5.81. The molecule has 0 bridgehead atoms. The van der Waals surface area contributed by atoms with E-state index in [-0.39, 0.29) is 0 Å². The quantitative estimate of drug-likeness (QED) is 0.911. The topological polar surface area (TPSA) is 21.3 Å². The summed E-state index contributed by atoms with van der Waals surface area (Å²) < 4.78 is 5.57. The van der Waals surface area contributed by atoms with E-state index < -0.39 is 0 Å². The predicted octanol–water partition coefficient (Wildman–Crippen LogP) is 3.74. The van der Waals surface area contributed by atoms with Gasteiger partial charge in [0, 0.05) is 25.2 Å². The van der Waals surface area contributed by atoms with Crippen LogP contribution in [-0.4, -0.2) is 26.3 Å². The molecule has 1 heterocycles. The van der Waals surface area contributed by atoms with Gasteiger partial charge in [-0.05, 0) is 68.2 Å². The van der Waals surface area contributed by atoms with Crippen molar-refractivity contribution in [1.82, 2.24) is 5.32 Å². The molecule has 2 fully saturated rings. The maximum atomic E-state index is 5.57. The summed E-state index contributed by atoms with van der Waals surface area (Å²) in [6.45, 7) is 10.8. The highest BCUT2D eigenvalue weighted by Crippen LogP contribution is 2.60. The van der Waals surface area contributed by atoms with Crippen LogP contribution in [0.1, 0.15) is 49.3 Å². The van der Waals surface area contributed by atoms with E-state index in [9.17, 15) is 0 Å². The van der Waals surface area contributed by atoms with Gasteiger partial charge in [-0.2, -0.15) is 0 Å². The molecule has 1 saturated carbocycles. The van der Waals surface area contributed by atoms with Crippen molar-refractivity contribution in [2.24, 2.45) is 5.41 Å². The zero-order chi connectivity index (χ0) is 14.9. The Labute approximate surface area is 129 Å². The second kappa shape index (κ2) is 5.73. The van der Waals surface area contributed by atoms with Crippen LogP contribution in [0.15, 0.2) is 18.2 Å². The Bertz CT molecular complexity index is 494. The van der Waals surface area contributed by atoms with Crippen molar-refractivity contribution in [2.75, 3.05) is 26.3 Å². The number of hydrogen-bond acceptors (Lipinski definition) is 2. The summed E-state index contributed by atoms with van der Waals surface area (Å²) in [6, 6.07) is 7.10. The molecular formula is C19H29NO. The maximum Gasteiger partial charge on any atom is 0.0471 e. The number of aryl methyl sites for hydroxylation is 2. The van der Waals surface area contributed by atoms with E-state index in [1.165, 1.54) is 36.8 Å². The number of rotatable bonds is 4. The van der Waals surface area contributed by atoms with Gasteiger partial charge in [-0.1, -0.05) is 25.1 Å². The highest BCUT2D eigenvalue weighted by atomic mass is 16.5. The number of nitrogens with one attached hydrogen (secondary N) is 1. The van der Waals surface area contributed by atoms with Gasteiger partial charge in [-0.15, -0.1) is 0 Å². The number of hydrogen-bond donors (Lipinski definition) is 1. The van der Waals surface area contributed by atoms with E-state index in [0.29, 0.717) is 10.8 Å². The first kappa shape index (κ1) is 15.1. The summed E-state index contributed by atoms with van der Waals surface area (Å²) >= 11 is 0. The van der Waals surface area contributed by atoms with Gasteiger partial charge >= 0.3 is 0 Å². The summed E-state index contributed by atoms with van der Waals surface area (Å²) in [5, 5.41) is 3.61. The predicted molar refractivity (Wildman–Crippen MR) is 87.9 cm³/mol. The summed E-state index contributed by atoms with van der Waals surface area (Å²) in [5.74, 6) is 0. The van der Waals surface area contributed by atoms with Crippen molar-refractivity contribution in [3.63, 3.8) is 0 Å². The van der Waals surface area contributed by atoms with Gasteiger partial charge in [0.15, 0.2) is 0 Å². The third-order valence-corrected chi connectivity index (χ3v) is 5.81. The van der Waals surface area contributed by atoms with Gasteiger partial charge < -0.3 is 10.1 Å². The number of benzene rings is 1. The molecule has 1 N–H and O–H groups in total. The largest absolute Gasteiger partial charge is 0.381 e. The molecule has 3 rings (SSSR count). The van der Waals surface area contributed by atoms with Gasteiger partial charge in [0.25, 0.3) is 0 Å². The standard InChI is InChI=1S/C19H29NO/c1-4-20-14-19(17-6-5-15(2)16(3)11-17)12-18(13-19)7-9-21-10-8-18/h5-6,11,20H,4,7-10,12-14H2,1-3H3. The Morgan fingerprint density at radius 1 is 1.10 bits per heavy atom. The van der Waals surface area contributed by atoms with Gasteiger partial charge in [0.2, 0.25) is 0 Å². The highest BCUT2D eigenvalue weighted by molar-refractivity contribution is 5.38. The van der Waals surface area contributed by atoms with Gasteiger partial charge in [0.05, 0.1) is 0 Å². The van der Waals surface area contributed by atoms with E-state index in [2.05, 4.69) is 44.3 Å². The molecule has 1 aromatic carbocycles. The van der Waals surface area contributed by atoms with Gasteiger partial charge in [0.1, 0.15) is 0 Å². The van der Waals surface area contributed by atoms with Crippen molar-refractivity contribution >= 4 is 0 Å². The van der Waals surface area contributed by atoms with Gasteiger partial charge in [-0.3, -0.25) is 0 Å². The normalized spacial score (nSPS) is 23.0. The minimum absolute atomic E-state index is 0.353. The fourth-order valence-corrected chi connectivity index (χ4v) is 4.41. The summed E-state index contributed by atoms with van der Waals surface area (Å²) in [4.78, 5) is 0. The van der Waals surface area contributed by atoms with E-state index >= 15 is 0 Å². The molecule has 1 saturated heterocycles. The molecule has 1 spiro atoms. The van der Waals surface area contributed by atoms with Crippen LogP contribution in [0.5, 0.6) is 0 Å². The van der Waals surface area contributed by atoms with Crippen molar-refractivity contribution in [2.45, 2.75) is 51.9 Å². The molecule has 2 aliphatic rings. The molecule has 21 heavy (non-hydrogen) atoms. The average Bonchev–Trinajstić information content (AvgIpc) is 2.46. The lowest BCUT2D eigenvalue weighted by Crippen LogP contribution is -2.56. The highest BCUT2D eigenvalue weighted by Gasteiger charge is 2.54. The molecule has 2 nitrogen and oxygen atoms in total. The summed E-state index contributed by atoms with van der Waals surface area (Å²) in [5.41, 5.74) is 5.29. The minimum Gasteiger partial charge on any atom is -0.381 e. The van der Waals surface area contributed by atoms with Gasteiger partial charge in [-0.25, -0.2) is 0 Å². The first-order chi connectivity index (χ1) is 10.1. The SMILES string of the molecule is CCNCC1(c2ccc(C)c(C)c2)CC2(CCOCC2)C1. The first-order valence-electron chi connectivity index (χ1n) is 8.45. The lowest BCUT2D eigenvalue weighted by Gasteiger charge is -2.58. The monoisotopic (exact) mass is 287 g/mol. The fourth-order valence-electron chi connectivity index (χ4n) is 4.41. The smallest absolute Gasteiger partial charge is 0.0471 e. The van der Waals surface area contributed by atoms with Crippen LogP contribution in [0.25, 0.3) is 0 Å². The van der Waals surface area contributed by atoms with Crippen LogP contribution in [0.4, 0.5) is 0 Å². The number of likely N-dealkylation sites (N-methyl/N-ethyl adjacent to an activating group) is 1. The first-order valence-corrected chi connectivity index (χ1v) is 8.45. The molecule has 0 radical (unpaired) electrons. The Morgan fingerprint density at radius 3 is 2.43 bits per heavy atom. The van der Waals surface area contributed by atoms with Crippen LogP contribution in [0, 0.1) is 19.3 Å². The van der Waals surface area contributed by atoms with Crippen LogP contribution >= 0.6 is 0 Å². The minimum atomic E-state index is 0.353. The molecule has 0 atom stereocenters. The Kier molecular flexibility index (Phi) is 4.11. The Morgan fingerprint density at radius 2 is 1.81 bits per heavy atom. The molecule has 1 aromatic rings. The molecule has 116 valence electrons. The third kappa shape index (κ3) is 2.76. The maximum absolute atomic E-state index is 5.57. The number of ether oxygens (including phenoxy) is 1. The van der Waals surface area contributed by atoms with E-state index in [4.69, 9.17) is 4.74 Å². The van der Waals surface area contributed by atoms with E-state index in [1.807, 2.05) is 0 Å². The average molecular weight is 287 g/mol. The van der Waals surface area contributed by atoms with Crippen LogP contribution in [0.3, 0.4) is 0 Å². The molecule has 0 aromatic heterocycles. The summed E-state index contributed by atoms with van der Waals surface area (Å²) in [6.07, 6.45) is 5.18. The summed E-state index contributed by atoms with van der Waals surface area (Å²) in [7, 11) is 0. The van der Waals surface area contributed by atoms with Crippen molar-refractivity contribution in [3.8, 4) is 0 Å². The van der Waals surface area contributed by atoms with Crippen molar-refractivity contribution in [3.05, 3.63) is 34.9 Å². The van der Waals surface area contributed by atoms with Crippen LogP contribution in [-0.2, 0) is 10.2 Å². The molecule has 2 heteroatoms. The molecular weight excluding hydrogens is 258 g/mol. The van der Waals surface area contributed by atoms with Crippen LogP contribution < -0.4 is 5.32 Å². The molecule has 1 aliphatic carbocycles. The lowest BCUT2D eigenvalue weighted by atomic mass is 9.48. The molecule has 0 amide bonds. The molecule has 1 aliphatic heterocycles. The van der Waals surface area contributed by atoms with Crippen molar-refractivity contribution < 1.29 is 4.74 Å². The molecule has 0 unspecified atom stereocenters. The fraction of sp³-hybridized carbons (Fsp3) is 0.684. The van der Waals surface area contributed by atoms with Crippen molar-refractivity contribution in [1.29, 1.82) is 0 Å². The van der Waals surface area contributed by atoms with E-state index in [1.54, 1.807) is 5.56 Å². The Balaban J connectivity index is 1.83. The second-order valence-corrected chi connectivity index (χ2v) is 7.33. The van der Waals surface area contributed by atoms with E-state index in [0.717, 1.165) is 26.3 Å². The zero-order valence-electron chi connectivity index (χ0n) is 13.8. The Hall–Kier alpha value is -0.860. The lowest BCUT2D eigenvalue weighted by molar-refractivity contribution is -0.0736. The zero-order valence-corrected chi connectivity index (χ0v) is 13.8. The second-order valence-electron chi connectivity index (χ2n) is 7.33. The van der Waals surface area contributed by atoms with Crippen LogP contribution in [0.2, 0.25) is 0 Å².